The molecule has 3 aromatic rings. The van der Waals surface area contributed by atoms with Gasteiger partial charge in [-0.25, -0.2) is 9.59 Å². The van der Waals surface area contributed by atoms with E-state index in [1.165, 1.54) is 0 Å². The van der Waals surface area contributed by atoms with Crippen LogP contribution in [0.25, 0.3) is 0 Å². The van der Waals surface area contributed by atoms with Gasteiger partial charge in [0.15, 0.2) is 12.4 Å². The lowest BCUT2D eigenvalue weighted by atomic mass is 10.1. The monoisotopic (exact) mass is 448 g/mol. The maximum absolute atomic E-state index is 12.7. The minimum Gasteiger partial charge on any atom is -0.459 e. The van der Waals surface area contributed by atoms with Gasteiger partial charge in [0, 0.05) is 0 Å². The third kappa shape index (κ3) is 5.84. The molecule has 4 rings (SSSR count). The van der Waals surface area contributed by atoms with Crippen LogP contribution in [-0.4, -0.2) is 48.3 Å². The average molecular weight is 448 g/mol. The van der Waals surface area contributed by atoms with Gasteiger partial charge in [0.1, 0.15) is 18.8 Å². The Morgan fingerprint density at radius 1 is 0.758 bits per heavy atom. The maximum Gasteiger partial charge on any atom is 0.338 e. The van der Waals surface area contributed by atoms with E-state index in [1.54, 1.807) is 60.7 Å². The fraction of sp³-hybridized carbons (Fsp3) is 0.231. The zero-order valence-electron chi connectivity index (χ0n) is 17.8. The van der Waals surface area contributed by atoms with Crippen LogP contribution in [0, 0.1) is 0 Å². The quantitative estimate of drug-likeness (QED) is 0.528. The lowest BCUT2D eigenvalue weighted by Crippen LogP contribution is -2.40. The molecule has 7 heteroatoms. The Bertz CT molecular complexity index is 1040. The molecule has 4 unspecified atom stereocenters. The minimum absolute atomic E-state index is 0.182. The molecule has 0 spiro atoms. The van der Waals surface area contributed by atoms with E-state index in [9.17, 15) is 14.7 Å². The minimum atomic E-state index is -1.36. The number of aliphatic hydroxyl groups is 1. The van der Waals surface area contributed by atoms with Crippen LogP contribution in [0.15, 0.2) is 91.0 Å². The second kappa shape index (κ2) is 10.9. The fourth-order valence-corrected chi connectivity index (χ4v) is 3.51. The zero-order valence-corrected chi connectivity index (χ0v) is 17.8. The molecule has 0 radical (unpaired) electrons. The largest absolute Gasteiger partial charge is 0.459 e. The normalized spacial score (nSPS) is 22.0. The number of hydrogen-bond acceptors (Lipinski definition) is 7. The molecule has 4 atom stereocenters. The van der Waals surface area contributed by atoms with Crippen molar-refractivity contribution in [2.45, 2.75) is 31.2 Å². The summed E-state index contributed by atoms with van der Waals surface area (Å²) in [7, 11) is 0. The molecule has 1 aliphatic heterocycles. The summed E-state index contributed by atoms with van der Waals surface area (Å²) in [6, 6.07) is 26.4. The Morgan fingerprint density at radius 2 is 1.30 bits per heavy atom. The summed E-state index contributed by atoms with van der Waals surface area (Å²) < 4.78 is 22.5. The summed E-state index contributed by atoms with van der Waals surface area (Å²) in [4.78, 5) is 25.1. The van der Waals surface area contributed by atoms with Crippen molar-refractivity contribution < 1.29 is 33.6 Å². The Morgan fingerprint density at radius 3 is 1.91 bits per heavy atom. The van der Waals surface area contributed by atoms with E-state index >= 15 is 0 Å². The van der Waals surface area contributed by atoms with Crippen molar-refractivity contribution in [1.82, 2.24) is 0 Å². The van der Waals surface area contributed by atoms with E-state index in [-0.39, 0.29) is 13.2 Å². The third-order valence-corrected chi connectivity index (χ3v) is 5.21. The Labute approximate surface area is 191 Å². The van der Waals surface area contributed by atoms with Gasteiger partial charge in [-0.05, 0) is 29.8 Å². The summed E-state index contributed by atoms with van der Waals surface area (Å²) in [5.74, 6) is -1.14. The molecule has 0 amide bonds. The van der Waals surface area contributed by atoms with E-state index in [4.69, 9.17) is 18.9 Å². The van der Waals surface area contributed by atoms with Gasteiger partial charge in [0.25, 0.3) is 0 Å². The Balaban J connectivity index is 1.47. The summed E-state index contributed by atoms with van der Waals surface area (Å²) >= 11 is 0. The Hall–Kier alpha value is -3.52. The predicted molar refractivity (Wildman–Crippen MR) is 118 cm³/mol. The molecule has 1 N–H and O–H groups in total. The highest BCUT2D eigenvalue weighted by atomic mass is 16.7. The molecule has 0 bridgehead atoms. The van der Waals surface area contributed by atoms with E-state index in [0.717, 1.165) is 5.56 Å². The van der Waals surface area contributed by atoms with Gasteiger partial charge in [-0.3, -0.25) is 0 Å². The van der Waals surface area contributed by atoms with Gasteiger partial charge >= 0.3 is 11.9 Å². The van der Waals surface area contributed by atoms with Crippen molar-refractivity contribution >= 4 is 11.9 Å². The molecule has 0 aliphatic carbocycles. The lowest BCUT2D eigenvalue weighted by molar-refractivity contribution is -0.150. The maximum atomic E-state index is 12.7. The van der Waals surface area contributed by atoms with Crippen LogP contribution in [0.2, 0.25) is 0 Å². The van der Waals surface area contributed by atoms with Crippen molar-refractivity contribution in [3.8, 4) is 0 Å². The smallest absolute Gasteiger partial charge is 0.338 e. The van der Waals surface area contributed by atoms with Gasteiger partial charge in [-0.15, -0.1) is 0 Å². The molecule has 7 nitrogen and oxygen atoms in total. The topological polar surface area (TPSA) is 91.3 Å². The first kappa shape index (κ1) is 22.7. The summed E-state index contributed by atoms with van der Waals surface area (Å²) in [6.07, 6.45) is -4.21. The molecule has 33 heavy (non-hydrogen) atoms. The van der Waals surface area contributed by atoms with Crippen LogP contribution in [0.4, 0.5) is 0 Å². The third-order valence-electron chi connectivity index (χ3n) is 5.21. The number of carbonyl (C=O) groups excluding carboxylic acids is 2. The van der Waals surface area contributed by atoms with Crippen molar-refractivity contribution in [1.29, 1.82) is 0 Å². The number of esters is 2. The first-order valence-corrected chi connectivity index (χ1v) is 10.6. The Kier molecular flexibility index (Phi) is 7.47. The molecule has 1 saturated heterocycles. The van der Waals surface area contributed by atoms with Crippen LogP contribution < -0.4 is 0 Å². The molecular formula is C26H24O7. The van der Waals surface area contributed by atoms with Gasteiger partial charge < -0.3 is 24.1 Å². The SMILES string of the molecule is O=C(OCC1OC(O)C(OCc2ccccc2)C1OC(=O)c1ccccc1)c1ccccc1. The number of ether oxygens (including phenoxy) is 4. The highest BCUT2D eigenvalue weighted by molar-refractivity contribution is 5.90. The van der Waals surface area contributed by atoms with Gasteiger partial charge in [0.05, 0.1) is 17.7 Å². The van der Waals surface area contributed by atoms with Gasteiger partial charge in [-0.2, -0.15) is 0 Å². The van der Waals surface area contributed by atoms with Crippen LogP contribution >= 0.6 is 0 Å². The standard InChI is InChI=1S/C26H24O7/c27-24(19-12-6-2-7-13-19)31-17-21-22(33-25(28)20-14-8-3-9-15-20)23(26(29)32-21)30-16-18-10-4-1-5-11-18/h1-15,21-23,26,29H,16-17H2. The zero-order chi connectivity index (χ0) is 23.0. The van der Waals surface area contributed by atoms with E-state index < -0.39 is 36.5 Å². The number of benzene rings is 3. The molecule has 1 aliphatic rings. The lowest BCUT2D eigenvalue weighted by Gasteiger charge is -2.23. The number of carbonyl (C=O) groups is 2. The predicted octanol–water partition coefficient (Wildman–Crippen LogP) is 3.37. The molecule has 3 aromatic carbocycles. The van der Waals surface area contributed by atoms with Gasteiger partial charge in [-0.1, -0.05) is 66.7 Å². The van der Waals surface area contributed by atoms with E-state index in [2.05, 4.69) is 0 Å². The molecule has 0 aromatic heterocycles. The first-order valence-electron chi connectivity index (χ1n) is 10.6. The second-order valence-corrected chi connectivity index (χ2v) is 7.53. The summed E-state index contributed by atoms with van der Waals surface area (Å²) in [6.45, 7) is -0.0371. The van der Waals surface area contributed by atoms with Gasteiger partial charge in [0.2, 0.25) is 0 Å². The summed E-state index contributed by atoms with van der Waals surface area (Å²) in [5, 5.41) is 10.5. The second-order valence-electron chi connectivity index (χ2n) is 7.53. The molecule has 1 heterocycles. The molecule has 1 fully saturated rings. The fourth-order valence-electron chi connectivity index (χ4n) is 3.51. The highest BCUT2D eigenvalue weighted by Crippen LogP contribution is 2.28. The highest BCUT2D eigenvalue weighted by Gasteiger charge is 2.48. The van der Waals surface area contributed by atoms with Crippen LogP contribution in [0.5, 0.6) is 0 Å². The van der Waals surface area contributed by atoms with Crippen molar-refractivity contribution in [2.24, 2.45) is 0 Å². The van der Waals surface area contributed by atoms with E-state index in [1.807, 2.05) is 30.3 Å². The van der Waals surface area contributed by atoms with Crippen molar-refractivity contribution in [3.63, 3.8) is 0 Å². The number of hydrogen-bond donors (Lipinski definition) is 1. The van der Waals surface area contributed by atoms with Crippen molar-refractivity contribution in [2.75, 3.05) is 6.61 Å². The van der Waals surface area contributed by atoms with Crippen LogP contribution in [0.1, 0.15) is 26.3 Å². The van der Waals surface area contributed by atoms with Crippen LogP contribution in [0.3, 0.4) is 0 Å². The summed E-state index contributed by atoms with van der Waals surface area (Å²) in [5.41, 5.74) is 1.61. The van der Waals surface area contributed by atoms with E-state index in [0.29, 0.717) is 11.1 Å². The molecule has 170 valence electrons. The number of aliphatic hydroxyl groups excluding tert-OH is 1. The van der Waals surface area contributed by atoms with Crippen LogP contribution in [-0.2, 0) is 25.6 Å². The first-order chi connectivity index (χ1) is 16.1. The molecule has 0 saturated carbocycles. The number of rotatable bonds is 8. The average Bonchev–Trinajstić information content (AvgIpc) is 3.16. The van der Waals surface area contributed by atoms with Crippen molar-refractivity contribution in [3.05, 3.63) is 108 Å². The molecular weight excluding hydrogens is 424 g/mol.